The Hall–Kier alpha value is -2.17. The number of amides is 1. The Labute approximate surface area is 164 Å². The molecule has 1 aliphatic heterocycles. The number of nitrogens with zero attached hydrogens (tertiary/aromatic N) is 1. The summed E-state index contributed by atoms with van der Waals surface area (Å²) in [6.45, 7) is 8.71. The fourth-order valence-electron chi connectivity index (χ4n) is 3.75. The number of nitrogens with one attached hydrogen (secondary N) is 1. The molecule has 1 fully saturated rings. The maximum absolute atomic E-state index is 13.2. The van der Waals surface area contributed by atoms with E-state index in [-0.39, 0.29) is 16.5 Å². The molecule has 3 rings (SSSR count). The van der Waals surface area contributed by atoms with Crippen LogP contribution in [0.25, 0.3) is 5.57 Å². The minimum absolute atomic E-state index is 0.0909. The smallest absolute Gasteiger partial charge is 0.257 e. The van der Waals surface area contributed by atoms with Gasteiger partial charge in [-0.1, -0.05) is 37.2 Å². The standard InChI is InChI=1S/C22H24ClFN2O/c1-14-13-26(3)10-9-19(14)15(2)16-5-4-6-18(11-16)25-22(27)20-8-7-17(24)12-21(20)23/h4-8,11-12,14,19H,2,9-10,13H2,1,3H3,(H,25,27)/t14-,19+/m0/s1. The van der Waals surface area contributed by atoms with E-state index >= 15 is 0 Å². The number of piperidine rings is 1. The highest BCUT2D eigenvalue weighted by Crippen LogP contribution is 2.34. The van der Waals surface area contributed by atoms with E-state index in [0.717, 1.165) is 36.7 Å². The molecule has 5 heteroatoms. The Kier molecular flexibility index (Phi) is 5.98. The number of likely N-dealkylation sites (tertiary alicyclic amines) is 1. The molecule has 1 saturated heterocycles. The minimum Gasteiger partial charge on any atom is -0.322 e. The van der Waals surface area contributed by atoms with Crippen molar-refractivity contribution in [2.24, 2.45) is 11.8 Å². The first-order valence-electron chi connectivity index (χ1n) is 9.09. The largest absolute Gasteiger partial charge is 0.322 e. The third-order valence-corrected chi connectivity index (χ3v) is 5.54. The van der Waals surface area contributed by atoms with Crippen molar-refractivity contribution in [3.05, 3.63) is 71.0 Å². The van der Waals surface area contributed by atoms with Gasteiger partial charge in [0.2, 0.25) is 0 Å². The molecule has 0 saturated carbocycles. The molecule has 0 unspecified atom stereocenters. The number of carbonyl (C=O) groups is 1. The Morgan fingerprint density at radius 2 is 2.07 bits per heavy atom. The van der Waals surface area contributed by atoms with Crippen LogP contribution in [0, 0.1) is 17.7 Å². The van der Waals surface area contributed by atoms with Crippen LogP contribution in [0.1, 0.15) is 29.3 Å². The summed E-state index contributed by atoms with van der Waals surface area (Å²) in [5, 5.41) is 2.93. The van der Waals surface area contributed by atoms with Crippen molar-refractivity contribution in [1.29, 1.82) is 0 Å². The van der Waals surface area contributed by atoms with E-state index < -0.39 is 5.82 Å². The van der Waals surface area contributed by atoms with Gasteiger partial charge in [0.05, 0.1) is 10.6 Å². The zero-order chi connectivity index (χ0) is 19.6. The summed E-state index contributed by atoms with van der Waals surface area (Å²) in [5.74, 6) is 0.128. The van der Waals surface area contributed by atoms with Gasteiger partial charge in [0, 0.05) is 12.2 Å². The third-order valence-electron chi connectivity index (χ3n) is 5.22. The average Bonchev–Trinajstić information content (AvgIpc) is 2.61. The van der Waals surface area contributed by atoms with Gasteiger partial charge in [-0.2, -0.15) is 0 Å². The quantitative estimate of drug-likeness (QED) is 0.769. The number of hydrogen-bond acceptors (Lipinski definition) is 2. The molecule has 1 aliphatic rings. The Morgan fingerprint density at radius 3 is 2.78 bits per heavy atom. The molecule has 1 amide bonds. The lowest BCUT2D eigenvalue weighted by Crippen LogP contribution is -2.36. The number of rotatable bonds is 4. The zero-order valence-electron chi connectivity index (χ0n) is 15.6. The average molecular weight is 387 g/mol. The summed E-state index contributed by atoms with van der Waals surface area (Å²) >= 11 is 5.98. The monoisotopic (exact) mass is 386 g/mol. The third kappa shape index (κ3) is 4.57. The lowest BCUT2D eigenvalue weighted by Gasteiger charge is -2.36. The molecule has 0 aromatic heterocycles. The maximum atomic E-state index is 13.2. The molecule has 27 heavy (non-hydrogen) atoms. The number of halogens is 2. The number of anilines is 1. The van der Waals surface area contributed by atoms with E-state index in [1.807, 2.05) is 24.3 Å². The molecule has 1 heterocycles. The predicted octanol–water partition coefficient (Wildman–Crippen LogP) is 5.33. The molecule has 0 bridgehead atoms. The summed E-state index contributed by atoms with van der Waals surface area (Å²) in [6, 6.07) is 11.4. The van der Waals surface area contributed by atoms with Gasteiger partial charge in [-0.05, 0) is 73.3 Å². The van der Waals surface area contributed by atoms with E-state index in [1.54, 1.807) is 0 Å². The summed E-state index contributed by atoms with van der Waals surface area (Å²) < 4.78 is 13.2. The van der Waals surface area contributed by atoms with Crippen molar-refractivity contribution in [3.63, 3.8) is 0 Å². The molecule has 142 valence electrons. The summed E-state index contributed by atoms with van der Waals surface area (Å²) in [5.41, 5.74) is 3.04. The van der Waals surface area contributed by atoms with E-state index in [9.17, 15) is 9.18 Å². The Balaban J connectivity index is 1.75. The Bertz CT molecular complexity index is 867. The van der Waals surface area contributed by atoms with Crippen LogP contribution in [-0.2, 0) is 0 Å². The van der Waals surface area contributed by atoms with Gasteiger partial charge in [0.1, 0.15) is 5.82 Å². The van der Waals surface area contributed by atoms with Gasteiger partial charge in [-0.15, -0.1) is 0 Å². The van der Waals surface area contributed by atoms with Gasteiger partial charge in [-0.25, -0.2) is 4.39 Å². The molecular formula is C22H24ClFN2O. The number of benzene rings is 2. The van der Waals surface area contributed by atoms with E-state index in [0.29, 0.717) is 17.5 Å². The molecular weight excluding hydrogens is 363 g/mol. The van der Waals surface area contributed by atoms with Crippen molar-refractivity contribution in [3.8, 4) is 0 Å². The molecule has 0 aliphatic carbocycles. The van der Waals surface area contributed by atoms with Crippen LogP contribution < -0.4 is 5.32 Å². The first-order valence-corrected chi connectivity index (χ1v) is 9.47. The second-order valence-electron chi connectivity index (χ2n) is 7.32. The van der Waals surface area contributed by atoms with Crippen molar-refractivity contribution in [2.75, 3.05) is 25.5 Å². The molecule has 2 aromatic carbocycles. The lowest BCUT2D eigenvalue weighted by atomic mass is 9.79. The molecule has 2 aromatic rings. The summed E-state index contributed by atoms with van der Waals surface area (Å²) in [4.78, 5) is 14.8. The molecule has 0 spiro atoms. The van der Waals surface area contributed by atoms with Crippen LogP contribution in [0.4, 0.5) is 10.1 Å². The van der Waals surface area contributed by atoms with Gasteiger partial charge in [0.25, 0.3) is 5.91 Å². The number of carbonyl (C=O) groups excluding carboxylic acids is 1. The van der Waals surface area contributed by atoms with Gasteiger partial charge in [0.15, 0.2) is 0 Å². The first-order chi connectivity index (χ1) is 12.8. The highest BCUT2D eigenvalue weighted by Gasteiger charge is 2.27. The predicted molar refractivity (Wildman–Crippen MR) is 110 cm³/mol. The summed E-state index contributed by atoms with van der Waals surface area (Å²) in [6.07, 6.45) is 1.08. The second-order valence-corrected chi connectivity index (χ2v) is 7.73. The lowest BCUT2D eigenvalue weighted by molar-refractivity contribution is 0.102. The minimum atomic E-state index is -0.470. The van der Waals surface area contributed by atoms with Crippen LogP contribution >= 0.6 is 11.6 Å². The molecule has 0 radical (unpaired) electrons. The fraction of sp³-hybridized carbons (Fsp3) is 0.318. The topological polar surface area (TPSA) is 32.3 Å². The highest BCUT2D eigenvalue weighted by atomic mass is 35.5. The van der Waals surface area contributed by atoms with Crippen molar-refractivity contribution in [1.82, 2.24) is 4.90 Å². The van der Waals surface area contributed by atoms with E-state index in [1.165, 1.54) is 12.1 Å². The van der Waals surface area contributed by atoms with Crippen LogP contribution in [-0.4, -0.2) is 30.9 Å². The van der Waals surface area contributed by atoms with Crippen LogP contribution in [0.3, 0.4) is 0 Å². The fourth-order valence-corrected chi connectivity index (χ4v) is 4.01. The second kappa shape index (κ2) is 8.24. The Morgan fingerprint density at radius 1 is 1.30 bits per heavy atom. The van der Waals surface area contributed by atoms with Gasteiger partial charge < -0.3 is 10.2 Å². The molecule has 2 atom stereocenters. The van der Waals surface area contributed by atoms with Crippen molar-refractivity contribution in [2.45, 2.75) is 13.3 Å². The normalized spacial score (nSPS) is 20.3. The first kappa shape index (κ1) is 19.6. The summed E-state index contributed by atoms with van der Waals surface area (Å²) in [7, 11) is 2.15. The molecule has 3 nitrogen and oxygen atoms in total. The van der Waals surface area contributed by atoms with Gasteiger partial charge >= 0.3 is 0 Å². The zero-order valence-corrected chi connectivity index (χ0v) is 16.4. The number of allylic oxidation sites excluding steroid dienone is 1. The van der Waals surface area contributed by atoms with Crippen molar-refractivity contribution >= 4 is 28.8 Å². The van der Waals surface area contributed by atoms with E-state index in [2.05, 4.69) is 30.8 Å². The van der Waals surface area contributed by atoms with Gasteiger partial charge in [-0.3, -0.25) is 4.79 Å². The molecule has 1 N–H and O–H groups in total. The SMILES string of the molecule is C=C(c1cccc(NC(=O)c2ccc(F)cc2Cl)c1)[C@@H]1CCN(C)C[C@@H]1C. The van der Waals surface area contributed by atoms with Crippen LogP contribution in [0.15, 0.2) is 49.0 Å². The maximum Gasteiger partial charge on any atom is 0.257 e. The van der Waals surface area contributed by atoms with E-state index in [4.69, 9.17) is 11.6 Å². The highest BCUT2D eigenvalue weighted by molar-refractivity contribution is 6.34. The number of hydrogen-bond donors (Lipinski definition) is 1. The van der Waals surface area contributed by atoms with Crippen LogP contribution in [0.5, 0.6) is 0 Å². The van der Waals surface area contributed by atoms with Crippen LogP contribution in [0.2, 0.25) is 5.02 Å². The van der Waals surface area contributed by atoms with Crippen molar-refractivity contribution < 1.29 is 9.18 Å².